The number of esters is 3. The largest absolute Gasteiger partial charge is 0.465 e. The molecule has 0 saturated carbocycles. The van der Waals surface area contributed by atoms with E-state index >= 15 is 0 Å². The predicted molar refractivity (Wildman–Crippen MR) is 370 cm³/mol. The predicted octanol–water partition coefficient (Wildman–Crippen LogP) is 21.7. The van der Waals surface area contributed by atoms with Crippen LogP contribution in [-0.4, -0.2) is 42.0 Å². The van der Waals surface area contributed by atoms with E-state index in [9.17, 15) is 19.2 Å². The fourth-order valence-electron chi connectivity index (χ4n) is 4.29. The van der Waals surface area contributed by atoms with Crippen LogP contribution in [-0.2, 0) is 59.4 Å². The summed E-state index contributed by atoms with van der Waals surface area (Å²) in [4.78, 5) is 42.7. The van der Waals surface area contributed by atoms with Crippen molar-refractivity contribution < 1.29 is 38.5 Å². The lowest BCUT2D eigenvalue weighted by Crippen LogP contribution is -2.14. The minimum atomic E-state index is -0.171. The molecule has 0 radical (unpaired) electrons. The SMILES string of the molecule is C=CCC(C)C.C=CCOC(=O)C(C)C.CC(=O)C(C)C.CC(C)C.CC(C)C.CC(C)C(=O)OCc1ccccc1.CC(C)COC(=O)C(C)C.CC(C)Cc1ccc(CO)cc1.CC(C)Cc1ccccc1.CCC(C)C.CCC(C)C. The van der Waals surface area contributed by atoms with E-state index in [0.717, 1.165) is 59.5 Å². The summed E-state index contributed by atoms with van der Waals surface area (Å²) in [6.07, 6.45) is 9.57. The van der Waals surface area contributed by atoms with Gasteiger partial charge in [-0.3, -0.25) is 19.2 Å². The number of hydrogen-bond donors (Lipinski definition) is 1. The Hall–Kier alpha value is -4.82. The number of ketones is 1. The number of carbonyl (C=O) groups is 4. The summed E-state index contributed by atoms with van der Waals surface area (Å²) in [7, 11) is 0. The van der Waals surface area contributed by atoms with E-state index in [1.807, 2.05) is 104 Å². The molecule has 490 valence electrons. The molecular weight excluding hydrogens is 1040 g/mol. The topological polar surface area (TPSA) is 116 Å². The van der Waals surface area contributed by atoms with Gasteiger partial charge in [-0.15, -0.1) is 6.58 Å². The Morgan fingerprint density at radius 3 is 0.940 bits per heavy atom. The first kappa shape index (κ1) is 95.5. The van der Waals surface area contributed by atoms with Gasteiger partial charge in [0.25, 0.3) is 0 Å². The summed E-state index contributed by atoms with van der Waals surface area (Å²) in [5.41, 5.74) is 4.80. The molecule has 0 saturated heterocycles. The summed E-state index contributed by atoms with van der Waals surface area (Å²) in [5.74, 6) is 6.07. The van der Waals surface area contributed by atoms with Gasteiger partial charge in [0.2, 0.25) is 0 Å². The second-order valence-electron chi connectivity index (χ2n) is 25.9. The molecule has 0 bridgehead atoms. The van der Waals surface area contributed by atoms with Crippen LogP contribution in [0.1, 0.15) is 242 Å². The molecule has 0 aliphatic carbocycles. The maximum absolute atomic E-state index is 11.1. The zero-order valence-corrected chi connectivity index (χ0v) is 60.2. The molecule has 8 nitrogen and oxygen atoms in total. The lowest BCUT2D eigenvalue weighted by molar-refractivity contribution is -0.149. The van der Waals surface area contributed by atoms with Gasteiger partial charge in [0.05, 0.1) is 31.0 Å². The summed E-state index contributed by atoms with van der Waals surface area (Å²) < 4.78 is 14.7. The molecule has 1 N–H and O–H groups in total. The molecule has 3 rings (SSSR count). The Labute approximate surface area is 522 Å². The number of ether oxygens (including phenoxy) is 3. The van der Waals surface area contributed by atoms with Crippen LogP contribution in [0.15, 0.2) is 110 Å². The average Bonchev–Trinajstić information content (AvgIpc) is 3.43. The van der Waals surface area contributed by atoms with Crippen LogP contribution in [0.3, 0.4) is 0 Å². The fraction of sp³-hybridized carbons (Fsp3) is 0.658. The normalized spacial score (nSPS) is 9.88. The van der Waals surface area contributed by atoms with E-state index in [0.29, 0.717) is 31.7 Å². The van der Waals surface area contributed by atoms with Crippen LogP contribution in [0.2, 0.25) is 0 Å². The zero-order chi connectivity index (χ0) is 67.3. The highest BCUT2D eigenvalue weighted by Crippen LogP contribution is 2.10. The minimum absolute atomic E-state index is 0.00116. The fourth-order valence-corrected chi connectivity index (χ4v) is 4.29. The van der Waals surface area contributed by atoms with Gasteiger partial charge in [-0.1, -0.05) is 310 Å². The molecule has 0 fully saturated rings. The van der Waals surface area contributed by atoms with Gasteiger partial charge in [-0.2, -0.15) is 0 Å². The third-order valence-electron chi connectivity index (χ3n) is 9.96. The van der Waals surface area contributed by atoms with Crippen molar-refractivity contribution >= 4 is 23.7 Å². The molecule has 0 unspecified atom stereocenters. The first-order valence-electron chi connectivity index (χ1n) is 31.8. The van der Waals surface area contributed by atoms with E-state index in [-0.39, 0.29) is 54.0 Å². The maximum atomic E-state index is 11.1. The Bertz CT molecular complexity index is 1830. The summed E-state index contributed by atoms with van der Waals surface area (Å²) in [6.45, 7) is 68.3. The van der Waals surface area contributed by atoms with Crippen molar-refractivity contribution in [3.63, 3.8) is 0 Å². The maximum Gasteiger partial charge on any atom is 0.308 e. The number of aliphatic hydroxyl groups excluding tert-OH is 1. The van der Waals surface area contributed by atoms with Crippen LogP contribution in [0.25, 0.3) is 0 Å². The number of benzene rings is 3. The molecular formula is C76H138O8. The molecule has 0 aliphatic heterocycles. The second-order valence-corrected chi connectivity index (χ2v) is 25.9. The molecule has 0 heterocycles. The van der Waals surface area contributed by atoms with Crippen molar-refractivity contribution in [1.82, 2.24) is 0 Å². The highest BCUT2D eigenvalue weighted by atomic mass is 16.5. The molecule has 3 aromatic carbocycles. The average molecular weight is 1180 g/mol. The Balaban J connectivity index is -0.000000129. The molecule has 0 aliphatic rings. The van der Waals surface area contributed by atoms with Gasteiger partial charge in [0.1, 0.15) is 19.0 Å². The first-order valence-corrected chi connectivity index (χ1v) is 31.8. The van der Waals surface area contributed by atoms with Crippen molar-refractivity contribution in [3.05, 3.63) is 132 Å². The quantitative estimate of drug-likeness (QED) is 0.0717. The molecule has 0 aromatic heterocycles. The van der Waals surface area contributed by atoms with Crippen molar-refractivity contribution in [1.29, 1.82) is 0 Å². The molecule has 84 heavy (non-hydrogen) atoms. The Morgan fingerprint density at radius 2 is 0.702 bits per heavy atom. The van der Waals surface area contributed by atoms with Crippen molar-refractivity contribution in [2.45, 2.75) is 246 Å². The molecule has 0 amide bonds. The molecule has 8 heteroatoms. The Kier molecular flexibility index (Phi) is 76.5. The van der Waals surface area contributed by atoms with Gasteiger partial charge in [-0.25, -0.2) is 0 Å². The smallest absolute Gasteiger partial charge is 0.308 e. The molecule has 0 spiro atoms. The van der Waals surface area contributed by atoms with Gasteiger partial charge in [0.15, 0.2) is 0 Å². The van der Waals surface area contributed by atoms with Crippen molar-refractivity contribution in [2.24, 2.45) is 71.0 Å². The number of hydrogen-bond acceptors (Lipinski definition) is 8. The van der Waals surface area contributed by atoms with E-state index < -0.39 is 0 Å². The first-order chi connectivity index (χ1) is 38.8. The minimum Gasteiger partial charge on any atom is -0.465 e. The van der Waals surface area contributed by atoms with Crippen molar-refractivity contribution in [3.8, 4) is 0 Å². The van der Waals surface area contributed by atoms with Crippen LogP contribution in [0.4, 0.5) is 0 Å². The summed E-state index contributed by atoms with van der Waals surface area (Å²) in [5, 5.41) is 8.81. The lowest BCUT2D eigenvalue weighted by atomic mass is 10.0. The molecule has 0 atom stereocenters. The number of rotatable bonds is 19. The van der Waals surface area contributed by atoms with Gasteiger partial charge in [0, 0.05) is 5.92 Å². The lowest BCUT2D eigenvalue weighted by Gasteiger charge is -2.08. The zero-order valence-electron chi connectivity index (χ0n) is 60.2. The third-order valence-corrected chi connectivity index (χ3v) is 9.96. The summed E-state index contributed by atoms with van der Waals surface area (Å²) >= 11 is 0. The second kappa shape index (κ2) is 67.3. The summed E-state index contributed by atoms with van der Waals surface area (Å²) in [6, 6.07) is 28.4. The van der Waals surface area contributed by atoms with E-state index in [1.165, 1.54) is 30.4 Å². The van der Waals surface area contributed by atoms with Gasteiger partial charge in [-0.05, 0) is 95.8 Å². The molecule has 3 aromatic rings. The van der Waals surface area contributed by atoms with Gasteiger partial charge < -0.3 is 19.3 Å². The van der Waals surface area contributed by atoms with Crippen LogP contribution < -0.4 is 0 Å². The third kappa shape index (κ3) is 96.4. The van der Waals surface area contributed by atoms with Crippen LogP contribution in [0.5, 0.6) is 0 Å². The Morgan fingerprint density at radius 1 is 0.405 bits per heavy atom. The highest BCUT2D eigenvalue weighted by Gasteiger charge is 2.09. The number of Topliss-reactive ketones (excluding diaryl/α,β-unsaturated/α-hetero) is 1. The number of allylic oxidation sites excluding steroid dienone is 1. The monoisotopic (exact) mass is 1180 g/mol. The number of carbonyl (C=O) groups excluding carboxylic acids is 4. The van der Waals surface area contributed by atoms with Crippen LogP contribution >= 0.6 is 0 Å². The van der Waals surface area contributed by atoms with Crippen molar-refractivity contribution in [2.75, 3.05) is 13.2 Å². The van der Waals surface area contributed by atoms with E-state index in [2.05, 4.69) is 180 Å². The van der Waals surface area contributed by atoms with Gasteiger partial charge >= 0.3 is 17.9 Å². The highest BCUT2D eigenvalue weighted by molar-refractivity contribution is 5.77. The van der Waals surface area contributed by atoms with Crippen LogP contribution in [0, 0.1) is 71.0 Å². The van der Waals surface area contributed by atoms with E-state index in [4.69, 9.17) is 19.3 Å². The van der Waals surface area contributed by atoms with E-state index in [1.54, 1.807) is 26.8 Å². The standard InChI is InChI=1S/C11H14O2.C11H16O.C10H14.C8H16O2.C7H12O2.C6H12.C5H10O.2C5H12.2C4H10/c1-9(2)11(12)13-8-10-6-4-3-5-7-10;1-9(2)7-10-3-5-11(8-12)6-4-10;1-9(2)8-10-6-4-3-5-7-10;1-6(2)5-10-8(9)7(3)4;1-4-5-9-7(8)6(2)3;1-4-5-6(2)3;1-4(2)5(3)6;2*1-4-5(2)3;2*1-4(2)3/h3-7,9H,8H2,1-2H3;3-6,9,12H,7-8H2,1-2H3;3-7,9H,8H2,1-2H3;6-7H,5H2,1-4H3;4,6H,1,5H2,2-3H3;4,6H,1,5H2,2-3H3;4H,1-3H3;2*5H,4H2,1-3H3;2*4H,1-3H3. The number of aliphatic hydroxyl groups is 1.